The van der Waals surface area contributed by atoms with Crippen LogP contribution in [0.25, 0.3) is 5.65 Å². The average Bonchev–Trinajstić information content (AvgIpc) is 2.74. The summed E-state index contributed by atoms with van der Waals surface area (Å²) < 4.78 is 7.53. The monoisotopic (exact) mass is 203 g/mol. The average molecular weight is 203 g/mol. The Bertz CT molecular complexity index is 460. The molecule has 1 fully saturated rings. The van der Waals surface area contributed by atoms with E-state index in [1.807, 2.05) is 24.4 Å². The van der Waals surface area contributed by atoms with Gasteiger partial charge in [-0.3, -0.25) is 4.40 Å². The van der Waals surface area contributed by atoms with E-state index in [9.17, 15) is 0 Å². The fourth-order valence-corrected chi connectivity index (χ4v) is 2.08. The summed E-state index contributed by atoms with van der Waals surface area (Å²) in [6.07, 6.45) is 4.28. The molecule has 1 unspecified atom stereocenters. The highest BCUT2D eigenvalue weighted by molar-refractivity contribution is 5.37. The number of ether oxygens (including phenoxy) is 1. The SMILES string of the molecule is c1ccn2c(C3CCCOC3)nnc2c1. The fourth-order valence-electron chi connectivity index (χ4n) is 2.08. The van der Waals surface area contributed by atoms with E-state index >= 15 is 0 Å². The maximum Gasteiger partial charge on any atom is 0.160 e. The Hall–Kier alpha value is -1.42. The first-order valence-corrected chi connectivity index (χ1v) is 5.32. The van der Waals surface area contributed by atoms with Gasteiger partial charge in [0.25, 0.3) is 0 Å². The largest absolute Gasteiger partial charge is 0.381 e. The minimum absolute atomic E-state index is 0.399. The second-order valence-electron chi connectivity index (χ2n) is 3.90. The number of aromatic nitrogens is 3. The molecule has 1 aliphatic rings. The first-order chi connectivity index (χ1) is 7.45. The van der Waals surface area contributed by atoms with Crippen molar-refractivity contribution in [2.75, 3.05) is 13.2 Å². The standard InChI is InChI=1S/C11H13N3O/c1-2-6-14-10(5-1)12-13-11(14)9-4-3-7-15-8-9/h1-2,5-6,9H,3-4,7-8H2. The van der Waals surface area contributed by atoms with Crippen molar-refractivity contribution in [1.29, 1.82) is 0 Å². The maximum atomic E-state index is 5.47. The van der Waals surface area contributed by atoms with Crippen molar-refractivity contribution in [3.8, 4) is 0 Å². The third kappa shape index (κ3) is 1.51. The van der Waals surface area contributed by atoms with Gasteiger partial charge >= 0.3 is 0 Å². The zero-order valence-corrected chi connectivity index (χ0v) is 8.47. The summed E-state index contributed by atoms with van der Waals surface area (Å²) in [6.45, 7) is 1.66. The van der Waals surface area contributed by atoms with E-state index in [0.717, 1.165) is 37.5 Å². The number of pyridine rings is 1. The zero-order chi connectivity index (χ0) is 10.1. The van der Waals surface area contributed by atoms with E-state index in [1.165, 1.54) is 0 Å². The van der Waals surface area contributed by atoms with Gasteiger partial charge in [0.1, 0.15) is 5.82 Å². The Kier molecular flexibility index (Phi) is 2.14. The molecular formula is C11H13N3O. The molecule has 4 nitrogen and oxygen atoms in total. The summed E-state index contributed by atoms with van der Waals surface area (Å²) in [6, 6.07) is 5.95. The van der Waals surface area contributed by atoms with Gasteiger partial charge in [0.05, 0.1) is 6.61 Å². The van der Waals surface area contributed by atoms with E-state index in [4.69, 9.17) is 4.74 Å². The van der Waals surface area contributed by atoms with Crippen LogP contribution in [0.5, 0.6) is 0 Å². The highest BCUT2D eigenvalue weighted by Gasteiger charge is 2.20. The summed E-state index contributed by atoms with van der Waals surface area (Å²) in [5.41, 5.74) is 0.915. The molecule has 3 heterocycles. The van der Waals surface area contributed by atoms with E-state index in [1.54, 1.807) is 0 Å². The first-order valence-electron chi connectivity index (χ1n) is 5.32. The first kappa shape index (κ1) is 8.85. The predicted octanol–water partition coefficient (Wildman–Crippen LogP) is 1.62. The number of nitrogens with zero attached hydrogens (tertiary/aromatic N) is 3. The summed E-state index contributed by atoms with van der Waals surface area (Å²) in [7, 11) is 0. The van der Waals surface area contributed by atoms with Crippen molar-refractivity contribution in [3.05, 3.63) is 30.2 Å². The van der Waals surface area contributed by atoms with Crippen molar-refractivity contribution in [2.24, 2.45) is 0 Å². The third-order valence-corrected chi connectivity index (χ3v) is 2.87. The van der Waals surface area contributed by atoms with Crippen LogP contribution in [0.2, 0.25) is 0 Å². The molecule has 0 bridgehead atoms. The second-order valence-corrected chi connectivity index (χ2v) is 3.90. The number of fused-ring (bicyclic) bond motifs is 1. The maximum absolute atomic E-state index is 5.47. The van der Waals surface area contributed by atoms with Crippen molar-refractivity contribution in [1.82, 2.24) is 14.6 Å². The van der Waals surface area contributed by atoms with Gasteiger partial charge in [-0.2, -0.15) is 0 Å². The van der Waals surface area contributed by atoms with E-state index in [0.29, 0.717) is 5.92 Å². The third-order valence-electron chi connectivity index (χ3n) is 2.87. The summed E-state index contributed by atoms with van der Waals surface area (Å²) in [4.78, 5) is 0. The van der Waals surface area contributed by atoms with E-state index < -0.39 is 0 Å². The van der Waals surface area contributed by atoms with Gasteiger partial charge in [0.15, 0.2) is 5.65 Å². The van der Waals surface area contributed by atoms with Crippen LogP contribution in [0.15, 0.2) is 24.4 Å². The van der Waals surface area contributed by atoms with Crippen LogP contribution in [0.3, 0.4) is 0 Å². The van der Waals surface area contributed by atoms with E-state index in [-0.39, 0.29) is 0 Å². The molecule has 1 saturated heterocycles. The molecule has 0 saturated carbocycles. The van der Waals surface area contributed by atoms with Gasteiger partial charge in [-0.15, -0.1) is 10.2 Å². The van der Waals surface area contributed by atoms with Crippen LogP contribution < -0.4 is 0 Å². The van der Waals surface area contributed by atoms with Gasteiger partial charge in [0.2, 0.25) is 0 Å². The van der Waals surface area contributed by atoms with Gasteiger partial charge in [-0.25, -0.2) is 0 Å². The minimum atomic E-state index is 0.399. The van der Waals surface area contributed by atoms with Crippen molar-refractivity contribution in [3.63, 3.8) is 0 Å². The predicted molar refractivity (Wildman–Crippen MR) is 55.8 cm³/mol. The van der Waals surface area contributed by atoms with Crippen LogP contribution >= 0.6 is 0 Å². The number of hydrogen-bond donors (Lipinski definition) is 0. The summed E-state index contributed by atoms with van der Waals surface area (Å²) >= 11 is 0. The molecule has 0 spiro atoms. The molecule has 0 aromatic carbocycles. The van der Waals surface area contributed by atoms with Crippen molar-refractivity contribution < 1.29 is 4.74 Å². The second kappa shape index (κ2) is 3.62. The molecule has 1 atom stereocenters. The van der Waals surface area contributed by atoms with Crippen molar-refractivity contribution in [2.45, 2.75) is 18.8 Å². The Labute approximate surface area is 87.9 Å². The van der Waals surface area contributed by atoms with Crippen LogP contribution in [-0.2, 0) is 4.74 Å². The van der Waals surface area contributed by atoms with Crippen LogP contribution in [0.4, 0.5) is 0 Å². The summed E-state index contributed by atoms with van der Waals surface area (Å²) in [5.74, 6) is 1.43. The van der Waals surface area contributed by atoms with Crippen LogP contribution in [0.1, 0.15) is 24.6 Å². The van der Waals surface area contributed by atoms with Crippen LogP contribution in [-0.4, -0.2) is 27.8 Å². The molecule has 3 rings (SSSR count). The Balaban J connectivity index is 2.02. The van der Waals surface area contributed by atoms with Gasteiger partial charge in [-0.1, -0.05) is 6.07 Å². The molecule has 0 aliphatic carbocycles. The lowest BCUT2D eigenvalue weighted by Crippen LogP contribution is -2.17. The van der Waals surface area contributed by atoms with E-state index in [2.05, 4.69) is 14.6 Å². The Morgan fingerprint density at radius 1 is 1.33 bits per heavy atom. The number of hydrogen-bond acceptors (Lipinski definition) is 3. The number of rotatable bonds is 1. The molecule has 1 aliphatic heterocycles. The minimum Gasteiger partial charge on any atom is -0.381 e. The lowest BCUT2D eigenvalue weighted by molar-refractivity contribution is 0.0778. The molecular weight excluding hydrogens is 190 g/mol. The highest BCUT2D eigenvalue weighted by atomic mass is 16.5. The molecule has 78 valence electrons. The molecule has 0 radical (unpaired) electrons. The highest BCUT2D eigenvalue weighted by Crippen LogP contribution is 2.23. The van der Waals surface area contributed by atoms with Gasteiger partial charge < -0.3 is 4.74 Å². The van der Waals surface area contributed by atoms with Gasteiger partial charge in [-0.05, 0) is 25.0 Å². The lowest BCUT2D eigenvalue weighted by Gasteiger charge is -2.20. The summed E-state index contributed by atoms with van der Waals surface area (Å²) in [5, 5.41) is 8.40. The Morgan fingerprint density at radius 2 is 2.33 bits per heavy atom. The topological polar surface area (TPSA) is 39.4 Å². The lowest BCUT2D eigenvalue weighted by atomic mass is 10.0. The smallest absolute Gasteiger partial charge is 0.160 e. The van der Waals surface area contributed by atoms with Gasteiger partial charge in [0, 0.05) is 18.7 Å². The molecule has 0 N–H and O–H groups in total. The van der Waals surface area contributed by atoms with Crippen LogP contribution in [0, 0.1) is 0 Å². The molecule has 15 heavy (non-hydrogen) atoms. The molecule has 2 aromatic rings. The normalized spacial score (nSPS) is 22.0. The molecule has 0 amide bonds. The Morgan fingerprint density at radius 3 is 3.20 bits per heavy atom. The molecule has 2 aromatic heterocycles. The molecule has 4 heteroatoms. The zero-order valence-electron chi connectivity index (χ0n) is 8.47. The van der Waals surface area contributed by atoms with Crippen molar-refractivity contribution >= 4 is 5.65 Å². The quantitative estimate of drug-likeness (QED) is 0.707. The fraction of sp³-hybridized carbons (Fsp3) is 0.455.